The van der Waals surface area contributed by atoms with Crippen molar-refractivity contribution in [3.05, 3.63) is 28.7 Å². The van der Waals surface area contributed by atoms with Crippen molar-refractivity contribution < 1.29 is 19.1 Å². The number of hydrogen-bond donors (Lipinski definition) is 0. The Morgan fingerprint density at radius 2 is 1.82 bits per heavy atom. The van der Waals surface area contributed by atoms with Gasteiger partial charge in [0.25, 0.3) is 0 Å². The molecule has 0 aliphatic heterocycles. The quantitative estimate of drug-likeness (QED) is 0.314. The highest BCUT2D eigenvalue weighted by atomic mass is 16.5. The molecule has 0 aromatic heterocycles. The van der Waals surface area contributed by atoms with Gasteiger partial charge in [0.05, 0.1) is 19.8 Å². The van der Waals surface area contributed by atoms with Crippen LogP contribution in [0.2, 0.25) is 0 Å². The normalized spacial score (nSPS) is 15.2. The number of ether oxygens (including phenoxy) is 2. The van der Waals surface area contributed by atoms with Gasteiger partial charge in [0.2, 0.25) is 5.54 Å². The lowest BCUT2D eigenvalue weighted by atomic mass is 9.92. The number of esters is 2. The van der Waals surface area contributed by atoms with E-state index < -0.39 is 17.5 Å². The molecule has 0 aromatic carbocycles. The second-order valence-electron chi connectivity index (χ2n) is 3.25. The van der Waals surface area contributed by atoms with Crippen molar-refractivity contribution in [2.45, 2.75) is 19.4 Å². The first-order valence-electron chi connectivity index (χ1n) is 4.82. The van der Waals surface area contributed by atoms with E-state index in [4.69, 9.17) is 0 Å². The van der Waals surface area contributed by atoms with Crippen LogP contribution in [-0.2, 0) is 19.1 Å². The first-order chi connectivity index (χ1) is 7.97. The highest BCUT2D eigenvalue weighted by Crippen LogP contribution is 2.24. The zero-order valence-corrected chi connectivity index (χ0v) is 10.2. The fraction of sp³-hybridized carbons (Fsp3) is 0.455. The maximum atomic E-state index is 11.5. The number of allylic oxidation sites excluding steroid dienone is 3. The zero-order chi connectivity index (χ0) is 13.5. The Labute approximate surface area is 99.3 Å². The molecular weight excluding hydrogens is 226 g/mol. The molecule has 17 heavy (non-hydrogen) atoms. The van der Waals surface area contributed by atoms with E-state index in [1.165, 1.54) is 19.1 Å². The van der Waals surface area contributed by atoms with Crippen molar-refractivity contribution in [1.82, 2.24) is 0 Å². The minimum Gasteiger partial charge on any atom is -0.467 e. The largest absolute Gasteiger partial charge is 0.467 e. The van der Waals surface area contributed by atoms with Gasteiger partial charge in [0, 0.05) is 0 Å². The summed E-state index contributed by atoms with van der Waals surface area (Å²) in [6.45, 7) is 2.91. The predicted molar refractivity (Wildman–Crippen MR) is 61.1 cm³/mol. The standard InChI is InChI=1S/C11H15NO5/c1-5-6-7-8(9(13)16-3)11(2,12-15)10(14)17-4/h5-7H,1-4H3/b6-5-,8-7-. The van der Waals surface area contributed by atoms with Gasteiger partial charge in [-0.25, -0.2) is 9.59 Å². The number of hydrogen-bond acceptors (Lipinski definition) is 6. The molecule has 0 spiro atoms. The summed E-state index contributed by atoms with van der Waals surface area (Å²) >= 11 is 0. The fourth-order valence-corrected chi connectivity index (χ4v) is 1.13. The van der Waals surface area contributed by atoms with E-state index in [2.05, 4.69) is 14.7 Å². The summed E-state index contributed by atoms with van der Waals surface area (Å²) in [6, 6.07) is 0. The van der Waals surface area contributed by atoms with Gasteiger partial charge in [-0.2, -0.15) is 0 Å². The Morgan fingerprint density at radius 1 is 1.24 bits per heavy atom. The highest BCUT2D eigenvalue weighted by molar-refractivity contribution is 6.01. The van der Waals surface area contributed by atoms with Crippen molar-refractivity contribution in [2.24, 2.45) is 5.18 Å². The molecule has 94 valence electrons. The monoisotopic (exact) mass is 241 g/mol. The van der Waals surface area contributed by atoms with Gasteiger partial charge in [-0.1, -0.05) is 12.2 Å². The fourth-order valence-electron chi connectivity index (χ4n) is 1.13. The van der Waals surface area contributed by atoms with Crippen LogP contribution < -0.4 is 0 Å². The second-order valence-corrected chi connectivity index (χ2v) is 3.25. The lowest BCUT2D eigenvalue weighted by molar-refractivity contribution is -0.148. The Hall–Kier alpha value is -1.98. The van der Waals surface area contributed by atoms with Gasteiger partial charge in [-0.3, -0.25) is 0 Å². The van der Waals surface area contributed by atoms with Crippen molar-refractivity contribution >= 4 is 11.9 Å². The van der Waals surface area contributed by atoms with Crippen molar-refractivity contribution in [2.75, 3.05) is 14.2 Å². The summed E-state index contributed by atoms with van der Waals surface area (Å²) in [7, 11) is 2.25. The smallest absolute Gasteiger partial charge is 0.342 e. The predicted octanol–water partition coefficient (Wildman–Crippen LogP) is 1.36. The summed E-state index contributed by atoms with van der Waals surface area (Å²) in [5.74, 6) is -1.73. The van der Waals surface area contributed by atoms with E-state index in [0.29, 0.717) is 0 Å². The number of rotatable bonds is 5. The van der Waals surface area contributed by atoms with Crippen LogP contribution >= 0.6 is 0 Å². The first-order valence-corrected chi connectivity index (χ1v) is 4.82. The van der Waals surface area contributed by atoms with Gasteiger partial charge in [0.15, 0.2) is 0 Å². The lowest BCUT2D eigenvalue weighted by Gasteiger charge is -2.19. The number of carbonyl (C=O) groups is 2. The third-order valence-corrected chi connectivity index (χ3v) is 2.15. The third kappa shape index (κ3) is 3.24. The summed E-state index contributed by atoms with van der Waals surface area (Å²) in [5.41, 5.74) is -2.10. The third-order valence-electron chi connectivity index (χ3n) is 2.15. The van der Waals surface area contributed by atoms with Crippen molar-refractivity contribution in [3.8, 4) is 0 Å². The molecule has 0 fully saturated rings. The van der Waals surface area contributed by atoms with Crippen LogP contribution in [-0.4, -0.2) is 31.7 Å². The van der Waals surface area contributed by atoms with Gasteiger partial charge < -0.3 is 9.47 Å². The molecule has 0 saturated heterocycles. The molecule has 0 radical (unpaired) electrons. The Morgan fingerprint density at radius 3 is 2.18 bits per heavy atom. The van der Waals surface area contributed by atoms with Crippen molar-refractivity contribution in [3.63, 3.8) is 0 Å². The minimum atomic E-state index is -1.92. The molecule has 6 heteroatoms. The number of nitrogens with zero attached hydrogens (tertiary/aromatic N) is 1. The van der Waals surface area contributed by atoms with Crippen molar-refractivity contribution in [1.29, 1.82) is 0 Å². The summed E-state index contributed by atoms with van der Waals surface area (Å²) in [5, 5.41) is 2.69. The van der Waals surface area contributed by atoms with E-state index >= 15 is 0 Å². The van der Waals surface area contributed by atoms with Gasteiger partial charge in [0.1, 0.15) is 0 Å². The molecule has 6 nitrogen and oxygen atoms in total. The second kappa shape index (κ2) is 6.57. The molecule has 0 aliphatic rings. The Kier molecular flexibility index (Phi) is 5.80. The first kappa shape index (κ1) is 15.0. The van der Waals surface area contributed by atoms with E-state index in [9.17, 15) is 14.5 Å². The number of methoxy groups -OCH3 is 2. The van der Waals surface area contributed by atoms with Crippen LogP contribution in [0, 0.1) is 4.91 Å². The maximum Gasteiger partial charge on any atom is 0.342 e. The van der Waals surface area contributed by atoms with E-state index in [1.54, 1.807) is 13.0 Å². The minimum absolute atomic E-state index is 0.181. The van der Waals surface area contributed by atoms with Crippen LogP contribution in [0.5, 0.6) is 0 Å². The zero-order valence-electron chi connectivity index (χ0n) is 10.2. The SMILES string of the molecule is C/C=C\C=C(\C(=O)OC)C(C)(N=O)C(=O)OC. The molecule has 0 amide bonds. The molecule has 0 rings (SSSR count). The average molecular weight is 241 g/mol. The molecule has 0 aromatic rings. The molecule has 0 bridgehead atoms. The van der Waals surface area contributed by atoms with E-state index in [1.807, 2.05) is 0 Å². The molecular formula is C11H15NO5. The molecule has 0 N–H and O–H groups in total. The van der Waals surface area contributed by atoms with E-state index in [-0.39, 0.29) is 5.57 Å². The molecule has 0 saturated carbocycles. The molecule has 0 heterocycles. The summed E-state index contributed by atoms with van der Waals surface area (Å²) in [4.78, 5) is 33.8. The number of carbonyl (C=O) groups excluding carboxylic acids is 2. The van der Waals surface area contributed by atoms with Crippen LogP contribution in [0.4, 0.5) is 0 Å². The van der Waals surface area contributed by atoms with Crippen LogP contribution in [0.15, 0.2) is 29.0 Å². The van der Waals surface area contributed by atoms with Gasteiger partial charge in [-0.05, 0) is 25.1 Å². The van der Waals surface area contributed by atoms with E-state index in [0.717, 1.165) is 14.2 Å². The van der Waals surface area contributed by atoms with Crippen LogP contribution in [0.25, 0.3) is 0 Å². The van der Waals surface area contributed by atoms with Gasteiger partial charge >= 0.3 is 11.9 Å². The summed E-state index contributed by atoms with van der Waals surface area (Å²) < 4.78 is 8.96. The maximum absolute atomic E-state index is 11.5. The molecule has 1 atom stereocenters. The van der Waals surface area contributed by atoms with Crippen LogP contribution in [0.1, 0.15) is 13.8 Å². The summed E-state index contributed by atoms with van der Waals surface area (Å²) in [6.07, 6.45) is 4.42. The highest BCUT2D eigenvalue weighted by Gasteiger charge is 2.44. The molecule has 0 aliphatic carbocycles. The Balaban J connectivity index is 5.63. The number of nitroso groups, excluding NO2 is 1. The Bertz CT molecular complexity index is 372. The lowest BCUT2D eigenvalue weighted by Crippen LogP contribution is -2.39. The van der Waals surface area contributed by atoms with Gasteiger partial charge in [-0.15, -0.1) is 4.91 Å². The average Bonchev–Trinajstić information content (AvgIpc) is 2.36. The van der Waals surface area contributed by atoms with Crippen LogP contribution in [0.3, 0.4) is 0 Å². The topological polar surface area (TPSA) is 82.0 Å². The molecule has 1 unspecified atom stereocenters.